The van der Waals surface area contributed by atoms with Crippen LogP contribution in [0.3, 0.4) is 0 Å². The van der Waals surface area contributed by atoms with Crippen LogP contribution in [-0.4, -0.2) is 37.2 Å². The predicted octanol–water partition coefficient (Wildman–Crippen LogP) is 4.88. The topological polar surface area (TPSA) is 41.0 Å². The Morgan fingerprint density at radius 3 is 2.74 bits per heavy atom. The number of hydrogen-bond acceptors (Lipinski definition) is 4. The zero-order chi connectivity index (χ0) is 19.4. The lowest BCUT2D eigenvalue weighted by atomic mass is 10.1. The van der Waals surface area contributed by atoms with Crippen molar-refractivity contribution in [1.82, 2.24) is 15.3 Å². The molecular formula is C21H24BrFN4. The molecule has 0 aliphatic rings. The molecule has 0 aliphatic heterocycles. The number of aryl methyl sites for hydroxylation is 1. The van der Waals surface area contributed by atoms with Crippen LogP contribution in [0.2, 0.25) is 0 Å². The summed E-state index contributed by atoms with van der Waals surface area (Å²) >= 11 is 3.47. The Balaban J connectivity index is 2.14. The molecule has 0 aliphatic carbocycles. The molecule has 2 aromatic carbocycles. The van der Waals surface area contributed by atoms with Crippen LogP contribution >= 0.6 is 15.9 Å². The van der Waals surface area contributed by atoms with Gasteiger partial charge >= 0.3 is 0 Å². The second kappa shape index (κ2) is 8.76. The summed E-state index contributed by atoms with van der Waals surface area (Å²) in [5.74, 6) is 1.51. The highest BCUT2D eigenvalue weighted by Gasteiger charge is 2.15. The molecule has 1 N–H and O–H groups in total. The number of nitrogens with zero attached hydrogens (tertiary/aromatic N) is 3. The Kier molecular flexibility index (Phi) is 6.39. The molecule has 1 heterocycles. The van der Waals surface area contributed by atoms with Crippen molar-refractivity contribution in [3.05, 3.63) is 52.0 Å². The Labute approximate surface area is 168 Å². The molecule has 0 atom stereocenters. The summed E-state index contributed by atoms with van der Waals surface area (Å²) in [6.45, 7) is 3.37. The van der Waals surface area contributed by atoms with Crippen molar-refractivity contribution in [3.63, 3.8) is 0 Å². The van der Waals surface area contributed by atoms with E-state index in [0.717, 1.165) is 51.8 Å². The molecule has 142 valence electrons. The van der Waals surface area contributed by atoms with Gasteiger partial charge in [-0.1, -0.05) is 28.1 Å². The molecule has 1 aromatic heterocycles. The number of anilines is 1. The average molecular weight is 431 g/mol. The number of alkyl halides is 1. The van der Waals surface area contributed by atoms with Crippen LogP contribution in [0, 0.1) is 6.92 Å². The quantitative estimate of drug-likeness (QED) is 0.542. The number of benzene rings is 2. The predicted molar refractivity (Wildman–Crippen MR) is 114 cm³/mol. The van der Waals surface area contributed by atoms with Crippen LogP contribution in [0.5, 0.6) is 0 Å². The van der Waals surface area contributed by atoms with E-state index in [2.05, 4.69) is 52.3 Å². The molecule has 3 aromatic rings. The Hall–Kier alpha value is -2.05. The second-order valence-electron chi connectivity index (χ2n) is 6.70. The maximum absolute atomic E-state index is 13.2. The number of para-hydroxylation sites is 1. The number of fused-ring (bicyclic) bond motifs is 1. The standard InChI is InChI=1S/C21H24BrFN4/c1-14-6-4-7-18-19(14)25-20(16-10-15(13-23)11-17(22)12-16)26-21(18)27(3)9-5-8-24-2/h4,6-7,10-12,24H,5,8-9,13H2,1-3H3. The van der Waals surface area contributed by atoms with E-state index in [9.17, 15) is 4.39 Å². The number of aromatic nitrogens is 2. The maximum atomic E-state index is 13.2. The highest BCUT2D eigenvalue weighted by Crippen LogP contribution is 2.30. The zero-order valence-electron chi connectivity index (χ0n) is 15.9. The van der Waals surface area contributed by atoms with Crippen LogP contribution in [0.4, 0.5) is 10.2 Å². The zero-order valence-corrected chi connectivity index (χ0v) is 17.5. The van der Waals surface area contributed by atoms with Gasteiger partial charge < -0.3 is 10.2 Å². The van der Waals surface area contributed by atoms with E-state index in [4.69, 9.17) is 9.97 Å². The fraction of sp³-hybridized carbons (Fsp3) is 0.333. The summed E-state index contributed by atoms with van der Waals surface area (Å²) in [4.78, 5) is 11.8. The molecule has 0 spiro atoms. The highest BCUT2D eigenvalue weighted by atomic mass is 79.9. The first-order valence-electron chi connectivity index (χ1n) is 9.02. The number of halogens is 2. The summed E-state index contributed by atoms with van der Waals surface area (Å²) in [7, 11) is 4.01. The first kappa shape index (κ1) is 19.7. The Morgan fingerprint density at radius 1 is 1.19 bits per heavy atom. The molecule has 6 heteroatoms. The van der Waals surface area contributed by atoms with Gasteiger partial charge in [0.05, 0.1) is 5.52 Å². The third-order valence-corrected chi connectivity index (χ3v) is 5.02. The van der Waals surface area contributed by atoms with Gasteiger partial charge in [-0.15, -0.1) is 0 Å². The molecule has 3 rings (SSSR count). The monoisotopic (exact) mass is 430 g/mol. The van der Waals surface area contributed by atoms with Crippen molar-refractivity contribution in [3.8, 4) is 11.4 Å². The van der Waals surface area contributed by atoms with Gasteiger partial charge in [0.15, 0.2) is 5.82 Å². The van der Waals surface area contributed by atoms with Gasteiger partial charge in [0, 0.05) is 29.0 Å². The van der Waals surface area contributed by atoms with Crippen molar-refractivity contribution >= 4 is 32.7 Å². The molecule has 0 amide bonds. The van der Waals surface area contributed by atoms with Crippen LogP contribution in [0.1, 0.15) is 17.5 Å². The van der Waals surface area contributed by atoms with Crippen LogP contribution < -0.4 is 10.2 Å². The molecule has 0 saturated heterocycles. The lowest BCUT2D eigenvalue weighted by Crippen LogP contribution is -2.23. The van der Waals surface area contributed by atoms with Crippen molar-refractivity contribution in [1.29, 1.82) is 0 Å². The highest BCUT2D eigenvalue weighted by molar-refractivity contribution is 9.10. The van der Waals surface area contributed by atoms with E-state index in [1.807, 2.05) is 25.2 Å². The van der Waals surface area contributed by atoms with E-state index in [0.29, 0.717) is 11.4 Å². The van der Waals surface area contributed by atoms with Crippen LogP contribution in [0.25, 0.3) is 22.3 Å². The molecule has 0 saturated carbocycles. The number of nitrogens with one attached hydrogen (secondary N) is 1. The van der Waals surface area contributed by atoms with Crippen LogP contribution in [-0.2, 0) is 6.67 Å². The fourth-order valence-electron chi connectivity index (χ4n) is 3.15. The van der Waals surface area contributed by atoms with Crippen molar-refractivity contribution < 1.29 is 4.39 Å². The molecule has 27 heavy (non-hydrogen) atoms. The van der Waals surface area contributed by atoms with Crippen LogP contribution in [0.15, 0.2) is 40.9 Å². The third-order valence-electron chi connectivity index (χ3n) is 4.56. The molecule has 0 bridgehead atoms. The Morgan fingerprint density at radius 2 is 2.00 bits per heavy atom. The first-order valence-corrected chi connectivity index (χ1v) is 9.81. The number of hydrogen-bond donors (Lipinski definition) is 1. The maximum Gasteiger partial charge on any atom is 0.162 e. The van der Waals surface area contributed by atoms with Crippen molar-refractivity contribution in [2.75, 3.05) is 32.1 Å². The van der Waals surface area contributed by atoms with Gasteiger partial charge in [-0.25, -0.2) is 14.4 Å². The first-order chi connectivity index (χ1) is 13.0. The van der Waals surface area contributed by atoms with E-state index < -0.39 is 6.67 Å². The van der Waals surface area contributed by atoms with E-state index >= 15 is 0 Å². The molecule has 0 fully saturated rings. The smallest absolute Gasteiger partial charge is 0.162 e. The SMILES string of the molecule is CNCCCN(C)c1nc(-c2cc(Br)cc(CF)c2)nc2c(C)cccc12. The molecule has 0 unspecified atom stereocenters. The largest absolute Gasteiger partial charge is 0.359 e. The summed E-state index contributed by atoms with van der Waals surface area (Å²) in [6.07, 6.45) is 1.02. The van der Waals surface area contributed by atoms with E-state index in [1.165, 1.54) is 0 Å². The molecular weight excluding hydrogens is 407 g/mol. The average Bonchev–Trinajstić information content (AvgIpc) is 2.67. The van der Waals surface area contributed by atoms with Crippen molar-refractivity contribution in [2.24, 2.45) is 0 Å². The minimum atomic E-state index is -0.518. The van der Waals surface area contributed by atoms with E-state index in [-0.39, 0.29) is 0 Å². The van der Waals surface area contributed by atoms with Gasteiger partial charge in [0.2, 0.25) is 0 Å². The summed E-state index contributed by atoms with van der Waals surface area (Å²) in [5, 5.41) is 4.21. The van der Waals surface area contributed by atoms with Gasteiger partial charge in [0.1, 0.15) is 12.5 Å². The van der Waals surface area contributed by atoms with Gasteiger partial charge in [-0.05, 0) is 62.3 Å². The summed E-state index contributed by atoms with van der Waals surface area (Å²) < 4.78 is 14.0. The molecule has 0 radical (unpaired) electrons. The van der Waals surface area contributed by atoms with E-state index in [1.54, 1.807) is 6.07 Å². The van der Waals surface area contributed by atoms with Crippen molar-refractivity contribution in [2.45, 2.75) is 20.0 Å². The second-order valence-corrected chi connectivity index (χ2v) is 7.62. The fourth-order valence-corrected chi connectivity index (χ4v) is 3.70. The summed E-state index contributed by atoms with van der Waals surface area (Å²) in [5.41, 5.74) is 3.45. The third kappa shape index (κ3) is 4.45. The molecule has 4 nitrogen and oxygen atoms in total. The lowest BCUT2D eigenvalue weighted by molar-refractivity contribution is 0.485. The van der Waals surface area contributed by atoms with Gasteiger partial charge in [-0.3, -0.25) is 0 Å². The number of rotatable bonds is 7. The van der Waals surface area contributed by atoms with Gasteiger partial charge in [-0.2, -0.15) is 0 Å². The summed E-state index contributed by atoms with van der Waals surface area (Å²) in [6, 6.07) is 11.7. The normalized spacial score (nSPS) is 11.1. The Bertz CT molecular complexity index is 945. The van der Waals surface area contributed by atoms with Gasteiger partial charge in [0.25, 0.3) is 0 Å². The minimum absolute atomic E-state index is 0.518. The lowest BCUT2D eigenvalue weighted by Gasteiger charge is -2.21. The minimum Gasteiger partial charge on any atom is -0.359 e.